The standard InChI is InChI=1S/C26H27NO4/c1-17(2)14-19-4-6-20(7-5-19)18(3)26(28)27-21-8-10-22(11-9-21)31-23-12-13-24-25(15-23)30-16-29-24/h4-13,15,17-18H,14,16H2,1-3H3,(H,27,28)/t18-/m0/s1. The number of hydrogen-bond acceptors (Lipinski definition) is 4. The Morgan fingerprint density at radius 2 is 1.58 bits per heavy atom. The van der Waals surface area contributed by atoms with Crippen molar-refractivity contribution in [2.75, 3.05) is 12.1 Å². The van der Waals surface area contributed by atoms with Crippen molar-refractivity contribution in [3.8, 4) is 23.0 Å². The fourth-order valence-electron chi connectivity index (χ4n) is 3.50. The van der Waals surface area contributed by atoms with Crippen molar-refractivity contribution >= 4 is 11.6 Å². The summed E-state index contributed by atoms with van der Waals surface area (Å²) in [7, 11) is 0. The summed E-state index contributed by atoms with van der Waals surface area (Å²) in [5, 5.41) is 2.98. The van der Waals surface area contributed by atoms with Crippen LogP contribution in [0.15, 0.2) is 66.7 Å². The van der Waals surface area contributed by atoms with E-state index in [2.05, 4.69) is 31.3 Å². The Morgan fingerprint density at radius 1 is 0.903 bits per heavy atom. The number of rotatable bonds is 7. The second kappa shape index (κ2) is 9.13. The first-order valence-corrected chi connectivity index (χ1v) is 10.5. The van der Waals surface area contributed by atoms with Crippen LogP contribution in [0.1, 0.15) is 37.8 Å². The number of benzene rings is 3. The predicted molar refractivity (Wildman–Crippen MR) is 121 cm³/mol. The highest BCUT2D eigenvalue weighted by molar-refractivity contribution is 5.95. The molecule has 0 aliphatic carbocycles. The quantitative estimate of drug-likeness (QED) is 0.501. The van der Waals surface area contributed by atoms with E-state index in [-0.39, 0.29) is 18.6 Å². The summed E-state index contributed by atoms with van der Waals surface area (Å²) in [6, 6.07) is 21.1. The Labute approximate surface area is 183 Å². The first kappa shape index (κ1) is 20.8. The Hall–Kier alpha value is -3.47. The zero-order chi connectivity index (χ0) is 21.8. The van der Waals surface area contributed by atoms with Crippen LogP contribution in [0.25, 0.3) is 0 Å². The second-order valence-corrected chi connectivity index (χ2v) is 8.19. The maximum atomic E-state index is 12.7. The van der Waals surface area contributed by atoms with Crippen molar-refractivity contribution in [1.82, 2.24) is 0 Å². The molecule has 160 valence electrons. The van der Waals surface area contributed by atoms with Crippen molar-refractivity contribution in [2.24, 2.45) is 5.92 Å². The van der Waals surface area contributed by atoms with Gasteiger partial charge in [0.25, 0.3) is 0 Å². The number of fused-ring (bicyclic) bond motifs is 1. The van der Waals surface area contributed by atoms with Crippen LogP contribution in [0.5, 0.6) is 23.0 Å². The normalized spacial score (nSPS) is 13.2. The first-order valence-electron chi connectivity index (χ1n) is 10.5. The predicted octanol–water partition coefficient (Wildman–Crippen LogP) is 6.15. The van der Waals surface area contributed by atoms with Crippen LogP contribution in [-0.2, 0) is 11.2 Å². The van der Waals surface area contributed by atoms with Gasteiger partial charge in [-0.3, -0.25) is 4.79 Å². The summed E-state index contributed by atoms with van der Waals surface area (Å²) in [5.74, 6) is 3.06. The number of anilines is 1. The minimum atomic E-state index is -0.238. The maximum absolute atomic E-state index is 12.7. The van der Waals surface area contributed by atoms with Gasteiger partial charge in [-0.2, -0.15) is 0 Å². The van der Waals surface area contributed by atoms with Crippen LogP contribution in [0, 0.1) is 5.92 Å². The number of carbonyl (C=O) groups is 1. The van der Waals surface area contributed by atoms with Crippen LogP contribution < -0.4 is 19.5 Å². The van der Waals surface area contributed by atoms with Crippen molar-refractivity contribution < 1.29 is 19.0 Å². The Bertz CT molecular complexity index is 1040. The second-order valence-electron chi connectivity index (χ2n) is 8.19. The molecule has 1 N–H and O–H groups in total. The Morgan fingerprint density at radius 3 is 2.29 bits per heavy atom. The highest BCUT2D eigenvalue weighted by atomic mass is 16.7. The zero-order valence-corrected chi connectivity index (χ0v) is 18.1. The molecular weight excluding hydrogens is 390 g/mol. The molecule has 0 bridgehead atoms. The van der Waals surface area contributed by atoms with E-state index in [9.17, 15) is 4.79 Å². The third-order valence-corrected chi connectivity index (χ3v) is 5.22. The molecule has 1 amide bonds. The van der Waals surface area contributed by atoms with Crippen LogP contribution in [0.4, 0.5) is 5.69 Å². The van der Waals surface area contributed by atoms with Gasteiger partial charge < -0.3 is 19.5 Å². The molecule has 3 aromatic rings. The lowest BCUT2D eigenvalue weighted by atomic mass is 9.96. The van der Waals surface area contributed by atoms with Crippen molar-refractivity contribution in [2.45, 2.75) is 33.1 Å². The van der Waals surface area contributed by atoms with Crippen LogP contribution in [0.2, 0.25) is 0 Å². The Balaban J connectivity index is 1.35. The van der Waals surface area contributed by atoms with Crippen LogP contribution >= 0.6 is 0 Å². The van der Waals surface area contributed by atoms with Gasteiger partial charge in [0.15, 0.2) is 11.5 Å². The van der Waals surface area contributed by atoms with Crippen molar-refractivity contribution in [1.29, 1.82) is 0 Å². The topological polar surface area (TPSA) is 56.8 Å². The molecule has 31 heavy (non-hydrogen) atoms. The molecule has 0 radical (unpaired) electrons. The lowest BCUT2D eigenvalue weighted by Gasteiger charge is -2.14. The Kier molecular flexibility index (Phi) is 6.12. The third kappa shape index (κ3) is 5.18. The minimum absolute atomic E-state index is 0.0407. The summed E-state index contributed by atoms with van der Waals surface area (Å²) in [4.78, 5) is 12.7. The molecule has 1 heterocycles. The van der Waals surface area contributed by atoms with Gasteiger partial charge in [-0.15, -0.1) is 0 Å². The molecule has 5 heteroatoms. The summed E-state index contributed by atoms with van der Waals surface area (Å²) in [6.45, 7) is 6.56. The smallest absolute Gasteiger partial charge is 0.231 e. The van der Waals surface area contributed by atoms with E-state index in [0.29, 0.717) is 28.9 Å². The molecule has 0 fully saturated rings. The van der Waals surface area contributed by atoms with Gasteiger partial charge in [-0.25, -0.2) is 0 Å². The van der Waals surface area contributed by atoms with E-state index >= 15 is 0 Å². The molecule has 1 aliphatic rings. The molecular formula is C26H27NO4. The molecule has 0 spiro atoms. The van der Waals surface area contributed by atoms with E-state index < -0.39 is 0 Å². The zero-order valence-electron chi connectivity index (χ0n) is 18.1. The highest BCUT2D eigenvalue weighted by Gasteiger charge is 2.16. The van der Waals surface area contributed by atoms with E-state index in [1.807, 2.05) is 55.5 Å². The number of carbonyl (C=O) groups excluding carboxylic acids is 1. The van der Waals surface area contributed by atoms with Gasteiger partial charge in [0.2, 0.25) is 12.7 Å². The van der Waals surface area contributed by atoms with Gasteiger partial charge in [-0.1, -0.05) is 38.1 Å². The summed E-state index contributed by atoms with van der Waals surface area (Å²) in [5.41, 5.74) is 3.03. The van der Waals surface area contributed by atoms with Gasteiger partial charge in [0, 0.05) is 11.8 Å². The average Bonchev–Trinajstić information content (AvgIpc) is 3.22. The van der Waals surface area contributed by atoms with Gasteiger partial charge in [0.1, 0.15) is 11.5 Å². The monoisotopic (exact) mass is 417 g/mol. The minimum Gasteiger partial charge on any atom is -0.457 e. The molecule has 5 nitrogen and oxygen atoms in total. The van der Waals surface area contributed by atoms with Gasteiger partial charge in [-0.05, 0) is 66.8 Å². The fourth-order valence-corrected chi connectivity index (χ4v) is 3.50. The van der Waals surface area contributed by atoms with E-state index in [0.717, 1.165) is 17.7 Å². The molecule has 4 rings (SSSR count). The molecule has 3 aromatic carbocycles. The summed E-state index contributed by atoms with van der Waals surface area (Å²) >= 11 is 0. The number of amides is 1. The number of ether oxygens (including phenoxy) is 3. The van der Waals surface area contributed by atoms with Gasteiger partial charge in [0.05, 0.1) is 5.92 Å². The first-order chi connectivity index (χ1) is 15.0. The molecule has 0 saturated heterocycles. The lowest BCUT2D eigenvalue weighted by Crippen LogP contribution is -2.18. The van der Waals surface area contributed by atoms with Crippen molar-refractivity contribution in [3.05, 3.63) is 77.9 Å². The lowest BCUT2D eigenvalue weighted by molar-refractivity contribution is -0.117. The molecule has 0 saturated carbocycles. The molecule has 1 atom stereocenters. The van der Waals surface area contributed by atoms with Gasteiger partial charge >= 0.3 is 0 Å². The number of nitrogens with one attached hydrogen (secondary N) is 1. The fraction of sp³-hybridized carbons (Fsp3) is 0.269. The summed E-state index contributed by atoms with van der Waals surface area (Å²) in [6.07, 6.45) is 1.04. The molecule has 1 aliphatic heterocycles. The number of hydrogen-bond donors (Lipinski definition) is 1. The van der Waals surface area contributed by atoms with Crippen LogP contribution in [0.3, 0.4) is 0 Å². The SMILES string of the molecule is CC(C)Cc1ccc([C@H](C)C(=O)Nc2ccc(Oc3ccc4c(c3)OCO4)cc2)cc1. The maximum Gasteiger partial charge on any atom is 0.231 e. The average molecular weight is 418 g/mol. The van der Waals surface area contributed by atoms with E-state index in [1.165, 1.54) is 5.56 Å². The van der Waals surface area contributed by atoms with Crippen molar-refractivity contribution in [3.63, 3.8) is 0 Å². The van der Waals surface area contributed by atoms with E-state index in [1.54, 1.807) is 6.07 Å². The van der Waals surface area contributed by atoms with E-state index in [4.69, 9.17) is 14.2 Å². The third-order valence-electron chi connectivity index (χ3n) is 5.22. The summed E-state index contributed by atoms with van der Waals surface area (Å²) < 4.78 is 16.6. The molecule has 0 aromatic heterocycles. The largest absolute Gasteiger partial charge is 0.457 e. The van der Waals surface area contributed by atoms with Crippen LogP contribution in [-0.4, -0.2) is 12.7 Å². The highest BCUT2D eigenvalue weighted by Crippen LogP contribution is 2.36. The molecule has 0 unspecified atom stereocenters.